The smallest absolute Gasteiger partial charge is 0.440 e. The van der Waals surface area contributed by atoms with Crippen LogP contribution in [0.5, 0.6) is 0 Å². The van der Waals surface area contributed by atoms with Gasteiger partial charge in [-0.3, -0.25) is 28.5 Å². The number of hydrogen-bond acceptors (Lipinski definition) is 14. The van der Waals surface area contributed by atoms with Crippen molar-refractivity contribution in [3.05, 3.63) is 18.7 Å². The Kier molecular flexibility index (Phi) is 10.3. The van der Waals surface area contributed by atoms with Crippen molar-refractivity contribution in [2.75, 3.05) is 6.61 Å². The molecule has 0 aromatic carbocycles. The molecule has 0 aliphatic carbocycles. The molecular formula is C20H27N2O14P. The summed E-state index contributed by atoms with van der Waals surface area (Å²) < 4.78 is 50.5. The van der Waals surface area contributed by atoms with E-state index in [1.54, 1.807) is 0 Å². The summed E-state index contributed by atoms with van der Waals surface area (Å²) in [5.74, 6) is -4.40. The van der Waals surface area contributed by atoms with E-state index in [0.29, 0.717) is 4.34 Å². The Bertz CT molecular complexity index is 1040. The van der Waals surface area contributed by atoms with E-state index >= 15 is 0 Å². The summed E-state index contributed by atoms with van der Waals surface area (Å²) in [5, 5.41) is 0. The molecule has 2 heterocycles. The zero-order valence-electron chi connectivity index (χ0n) is 20.5. The lowest BCUT2D eigenvalue weighted by Gasteiger charge is -2.45. The number of ether oxygens (including phenoxy) is 6. The standard InChI is InChI=1S/C20H27N2O14P/c1-10(23)30-8-15(31-11(2)24)16-17(32-12(3)25)18(33-13(4)26)19(34-14(5)27)20(35-16)36-37(28,29)22-7-6-21-9-22/h6-7,9,15-20H,8H2,1-5H3,(H,28,29)/t15-,16?,17-,18?,19?,20+/m1/s1. The first-order valence-electron chi connectivity index (χ1n) is 10.7. The Morgan fingerprint density at radius 2 is 1.49 bits per heavy atom. The SMILES string of the molecule is CC(=O)OC[C@@H](OC(C)=O)C1O[C@@H](OP(=O)(O)n2ccnc2)C(OC(C)=O)C(OC(C)=O)[C@@H]1OC(C)=O. The Morgan fingerprint density at radius 1 is 0.919 bits per heavy atom. The Balaban J connectivity index is 2.62. The number of aromatic nitrogens is 2. The molecular weight excluding hydrogens is 523 g/mol. The average Bonchev–Trinajstić information content (AvgIpc) is 3.30. The lowest BCUT2D eigenvalue weighted by atomic mass is 9.94. The minimum absolute atomic E-state index is 0.618. The number of hydrogen-bond donors (Lipinski definition) is 1. The second kappa shape index (κ2) is 12.8. The van der Waals surface area contributed by atoms with E-state index in [4.69, 9.17) is 32.9 Å². The third kappa shape index (κ3) is 8.63. The quantitative estimate of drug-likeness (QED) is 0.229. The van der Waals surface area contributed by atoms with Crippen LogP contribution in [-0.4, -0.2) is 87.5 Å². The van der Waals surface area contributed by atoms with Crippen LogP contribution in [0.15, 0.2) is 18.7 Å². The molecule has 4 unspecified atom stereocenters. The average molecular weight is 550 g/mol. The van der Waals surface area contributed by atoms with Gasteiger partial charge in [-0.2, -0.15) is 0 Å². The predicted molar refractivity (Wildman–Crippen MR) is 116 cm³/mol. The van der Waals surface area contributed by atoms with Crippen molar-refractivity contribution < 1.29 is 66.4 Å². The van der Waals surface area contributed by atoms with Crippen molar-refractivity contribution >= 4 is 37.6 Å². The summed E-state index contributed by atoms with van der Waals surface area (Å²) in [6.45, 7) is 4.50. The molecule has 1 aliphatic heterocycles. The van der Waals surface area contributed by atoms with Crippen molar-refractivity contribution in [2.45, 2.75) is 71.4 Å². The van der Waals surface area contributed by atoms with Crippen LogP contribution in [0.1, 0.15) is 34.6 Å². The fourth-order valence-corrected chi connectivity index (χ4v) is 4.36. The van der Waals surface area contributed by atoms with E-state index in [2.05, 4.69) is 4.98 Å². The fourth-order valence-electron chi connectivity index (χ4n) is 3.39. The van der Waals surface area contributed by atoms with Crippen LogP contribution in [0.2, 0.25) is 0 Å². The number of esters is 5. The third-order valence-corrected chi connectivity index (χ3v) is 5.90. The van der Waals surface area contributed by atoms with Crippen molar-refractivity contribution in [2.24, 2.45) is 0 Å². The second-order valence-electron chi connectivity index (χ2n) is 7.68. The van der Waals surface area contributed by atoms with Crippen molar-refractivity contribution in [3.8, 4) is 0 Å². The molecule has 1 aromatic heterocycles. The number of carbonyl (C=O) groups is 5. The van der Waals surface area contributed by atoms with Gasteiger partial charge in [0.2, 0.25) is 6.29 Å². The van der Waals surface area contributed by atoms with Gasteiger partial charge in [0.1, 0.15) is 19.0 Å². The van der Waals surface area contributed by atoms with Crippen LogP contribution < -0.4 is 0 Å². The summed E-state index contributed by atoms with van der Waals surface area (Å²) in [6.07, 6.45) is -6.88. The summed E-state index contributed by atoms with van der Waals surface area (Å²) in [6, 6.07) is 0. The summed E-state index contributed by atoms with van der Waals surface area (Å²) in [4.78, 5) is 73.2. The minimum atomic E-state index is -4.77. The molecule has 0 bridgehead atoms. The molecule has 7 atom stereocenters. The van der Waals surface area contributed by atoms with Crippen LogP contribution in [-0.2, 0) is 61.5 Å². The molecule has 206 valence electrons. The van der Waals surface area contributed by atoms with Gasteiger partial charge in [-0.15, -0.1) is 0 Å². The molecule has 1 N–H and O–H groups in total. The van der Waals surface area contributed by atoms with E-state index in [1.165, 1.54) is 6.20 Å². The highest BCUT2D eigenvalue weighted by molar-refractivity contribution is 7.51. The van der Waals surface area contributed by atoms with Crippen LogP contribution in [0, 0.1) is 0 Å². The van der Waals surface area contributed by atoms with Crippen molar-refractivity contribution in [1.29, 1.82) is 0 Å². The van der Waals surface area contributed by atoms with Crippen molar-refractivity contribution in [1.82, 2.24) is 9.32 Å². The normalized spacial score (nSPS) is 25.6. The minimum Gasteiger partial charge on any atom is -0.462 e. The number of carbonyl (C=O) groups excluding carboxylic acids is 5. The molecule has 37 heavy (non-hydrogen) atoms. The molecule has 1 aliphatic rings. The topological polar surface area (TPSA) is 205 Å². The Morgan fingerprint density at radius 3 is 1.97 bits per heavy atom. The van der Waals surface area contributed by atoms with Gasteiger partial charge in [0.15, 0.2) is 24.4 Å². The Labute approximate surface area is 210 Å². The van der Waals surface area contributed by atoms with Gasteiger partial charge in [0.05, 0.1) is 0 Å². The van der Waals surface area contributed by atoms with Crippen LogP contribution >= 0.6 is 7.75 Å². The van der Waals surface area contributed by atoms with Gasteiger partial charge < -0.3 is 33.3 Å². The molecule has 1 fully saturated rings. The second-order valence-corrected chi connectivity index (χ2v) is 9.33. The summed E-state index contributed by atoms with van der Waals surface area (Å²) in [7, 11) is -4.77. The number of nitrogens with zero attached hydrogens (tertiary/aromatic N) is 2. The van der Waals surface area contributed by atoms with Gasteiger partial charge in [-0.05, 0) is 0 Å². The number of imidazole rings is 1. The molecule has 1 saturated heterocycles. The van der Waals surface area contributed by atoms with Gasteiger partial charge in [-0.25, -0.2) is 13.9 Å². The lowest BCUT2D eigenvalue weighted by molar-refractivity contribution is -0.300. The highest BCUT2D eigenvalue weighted by Crippen LogP contribution is 2.47. The highest BCUT2D eigenvalue weighted by Gasteiger charge is 2.57. The van der Waals surface area contributed by atoms with E-state index in [9.17, 15) is 33.4 Å². The first kappa shape index (κ1) is 29.9. The zero-order valence-corrected chi connectivity index (χ0v) is 21.4. The number of rotatable bonds is 10. The van der Waals surface area contributed by atoms with E-state index in [1.807, 2.05) is 0 Å². The third-order valence-electron chi connectivity index (χ3n) is 4.60. The van der Waals surface area contributed by atoms with E-state index < -0.39 is 81.0 Å². The molecule has 0 saturated carbocycles. The van der Waals surface area contributed by atoms with E-state index in [-0.39, 0.29) is 0 Å². The molecule has 0 radical (unpaired) electrons. The molecule has 16 nitrogen and oxygen atoms in total. The van der Waals surface area contributed by atoms with Crippen LogP contribution in [0.25, 0.3) is 0 Å². The van der Waals surface area contributed by atoms with Gasteiger partial charge >= 0.3 is 37.6 Å². The van der Waals surface area contributed by atoms with Gasteiger partial charge in [0, 0.05) is 47.0 Å². The first-order chi connectivity index (χ1) is 17.2. The van der Waals surface area contributed by atoms with Crippen LogP contribution in [0.3, 0.4) is 0 Å². The molecule has 1 aromatic rings. The summed E-state index contributed by atoms with van der Waals surface area (Å²) in [5.41, 5.74) is 0. The van der Waals surface area contributed by atoms with E-state index in [0.717, 1.165) is 47.1 Å². The predicted octanol–water partition coefficient (Wildman–Crippen LogP) is -0.137. The molecule has 0 spiro atoms. The fraction of sp³-hybridized carbons (Fsp3) is 0.600. The lowest BCUT2D eigenvalue weighted by Crippen LogP contribution is -2.65. The molecule has 0 amide bonds. The zero-order chi connectivity index (χ0) is 27.9. The maximum atomic E-state index is 12.9. The van der Waals surface area contributed by atoms with Gasteiger partial charge in [-0.1, -0.05) is 0 Å². The Hall–Kier alpha value is -3.33. The van der Waals surface area contributed by atoms with Crippen LogP contribution in [0.4, 0.5) is 0 Å². The largest absolute Gasteiger partial charge is 0.462 e. The maximum Gasteiger partial charge on any atom is 0.440 e. The maximum absolute atomic E-state index is 12.9. The van der Waals surface area contributed by atoms with Gasteiger partial charge in [0.25, 0.3) is 0 Å². The molecule has 2 rings (SSSR count). The monoisotopic (exact) mass is 550 g/mol. The van der Waals surface area contributed by atoms with Crippen molar-refractivity contribution in [3.63, 3.8) is 0 Å². The first-order valence-corrected chi connectivity index (χ1v) is 12.2. The highest BCUT2D eigenvalue weighted by atomic mass is 31.2. The molecule has 17 heteroatoms. The summed E-state index contributed by atoms with van der Waals surface area (Å²) >= 11 is 0.